The zero-order valence-corrected chi connectivity index (χ0v) is 21.7. The van der Waals surface area contributed by atoms with Gasteiger partial charge in [-0.3, -0.25) is 14.4 Å². The summed E-state index contributed by atoms with van der Waals surface area (Å²) in [7, 11) is 0. The minimum atomic E-state index is -0.694. The molecule has 2 heterocycles. The maximum atomic E-state index is 13.0. The Hall–Kier alpha value is -3.98. The maximum absolute atomic E-state index is 13.0. The van der Waals surface area contributed by atoms with Gasteiger partial charge in [-0.15, -0.1) is 0 Å². The summed E-state index contributed by atoms with van der Waals surface area (Å²) in [6.45, 7) is 3.55. The molecule has 4 N–H and O–H groups in total. The Morgan fingerprint density at radius 2 is 1.74 bits per heavy atom. The number of furan rings is 1. The van der Waals surface area contributed by atoms with E-state index in [0.717, 1.165) is 43.4 Å². The van der Waals surface area contributed by atoms with Gasteiger partial charge in [0.15, 0.2) is 5.76 Å². The number of carbonyl (C=O) groups is 3. The summed E-state index contributed by atoms with van der Waals surface area (Å²) in [5.74, 6) is -0.435. The largest absolute Gasteiger partial charge is 0.451 e. The highest BCUT2D eigenvalue weighted by Gasteiger charge is 2.32. The first-order valence-corrected chi connectivity index (χ1v) is 13.0. The molecule has 0 radical (unpaired) electrons. The fourth-order valence-electron chi connectivity index (χ4n) is 4.63. The van der Waals surface area contributed by atoms with Crippen molar-refractivity contribution in [3.8, 4) is 11.3 Å². The van der Waals surface area contributed by atoms with Gasteiger partial charge in [-0.2, -0.15) is 0 Å². The van der Waals surface area contributed by atoms with Crippen molar-refractivity contribution < 1.29 is 23.9 Å². The van der Waals surface area contributed by atoms with Crippen LogP contribution in [0.25, 0.3) is 11.3 Å². The molecule has 200 valence electrons. The van der Waals surface area contributed by atoms with Gasteiger partial charge in [0.25, 0.3) is 11.8 Å². The summed E-state index contributed by atoms with van der Waals surface area (Å²) >= 11 is 0. The van der Waals surface area contributed by atoms with Crippen LogP contribution in [-0.2, 0) is 4.79 Å². The zero-order chi connectivity index (χ0) is 27.1. The van der Waals surface area contributed by atoms with Crippen LogP contribution in [0.3, 0.4) is 0 Å². The summed E-state index contributed by atoms with van der Waals surface area (Å²) in [5, 5.41) is 18.0. The van der Waals surface area contributed by atoms with Crippen LogP contribution < -0.4 is 16.0 Å². The van der Waals surface area contributed by atoms with Gasteiger partial charge in [0.05, 0.1) is 6.10 Å². The number of carbonyl (C=O) groups excluding carboxylic acids is 3. The number of anilines is 1. The minimum absolute atomic E-state index is 0.0360. The minimum Gasteiger partial charge on any atom is -0.451 e. The topological polar surface area (TPSA) is 134 Å². The van der Waals surface area contributed by atoms with E-state index in [0.29, 0.717) is 17.1 Å². The van der Waals surface area contributed by atoms with E-state index in [2.05, 4.69) is 20.9 Å². The van der Waals surface area contributed by atoms with E-state index < -0.39 is 18.1 Å². The van der Waals surface area contributed by atoms with Crippen molar-refractivity contribution in [2.75, 3.05) is 11.9 Å². The molecule has 1 aliphatic rings. The van der Waals surface area contributed by atoms with Crippen molar-refractivity contribution in [3.63, 3.8) is 0 Å². The summed E-state index contributed by atoms with van der Waals surface area (Å²) in [6, 6.07) is 14.9. The van der Waals surface area contributed by atoms with Gasteiger partial charge in [-0.1, -0.05) is 25.3 Å². The quantitative estimate of drug-likeness (QED) is 0.337. The van der Waals surface area contributed by atoms with Crippen LogP contribution in [0.1, 0.15) is 65.8 Å². The second-order valence-electron chi connectivity index (χ2n) is 9.80. The molecule has 3 amide bonds. The second-order valence-corrected chi connectivity index (χ2v) is 9.80. The number of hydrogen-bond acceptors (Lipinski definition) is 6. The van der Waals surface area contributed by atoms with Crippen molar-refractivity contribution in [2.24, 2.45) is 5.92 Å². The van der Waals surface area contributed by atoms with E-state index >= 15 is 0 Å². The number of nitrogens with zero attached hydrogens (tertiary/aromatic N) is 1. The van der Waals surface area contributed by atoms with Crippen LogP contribution in [0.15, 0.2) is 59.0 Å². The molecule has 2 atom stereocenters. The van der Waals surface area contributed by atoms with Gasteiger partial charge in [0.1, 0.15) is 17.5 Å². The highest BCUT2D eigenvalue weighted by Crippen LogP contribution is 2.28. The van der Waals surface area contributed by atoms with Crippen LogP contribution in [0.5, 0.6) is 0 Å². The average molecular weight is 519 g/mol. The number of hydrogen-bond donors (Lipinski definition) is 4. The highest BCUT2D eigenvalue weighted by molar-refractivity contribution is 6.03. The summed E-state index contributed by atoms with van der Waals surface area (Å²) in [4.78, 5) is 42.6. The van der Waals surface area contributed by atoms with Crippen molar-refractivity contribution in [3.05, 3.63) is 71.7 Å². The Morgan fingerprint density at radius 1 is 1.00 bits per heavy atom. The van der Waals surface area contributed by atoms with Crippen molar-refractivity contribution in [1.82, 2.24) is 15.6 Å². The van der Waals surface area contributed by atoms with E-state index in [-0.39, 0.29) is 30.0 Å². The standard InChI is InChI=1S/C29H34N4O5/c1-18-7-6-10-23(31-18)27(35)32-22-13-11-20(12-14-22)24-15-16-25(38-24)28(36)33-26(21-8-4-3-5-9-21)29(37)30-17-19(2)34/h6-7,10-16,19,21,26,34H,3-5,8-9,17H2,1-2H3,(H,30,37)(H,32,35)(H,33,36)/t19-,26-/m0/s1. The molecule has 38 heavy (non-hydrogen) atoms. The lowest BCUT2D eigenvalue weighted by atomic mass is 9.83. The van der Waals surface area contributed by atoms with Gasteiger partial charge in [0, 0.05) is 23.5 Å². The molecule has 0 spiro atoms. The molecular formula is C29H34N4O5. The van der Waals surface area contributed by atoms with E-state index in [4.69, 9.17) is 4.42 Å². The SMILES string of the molecule is Cc1cccc(C(=O)Nc2ccc(-c3ccc(C(=O)N[C@H](C(=O)NC[C@H](C)O)C4CCCCC4)o3)cc2)n1. The van der Waals surface area contributed by atoms with Gasteiger partial charge in [-0.25, -0.2) is 4.98 Å². The lowest BCUT2D eigenvalue weighted by Crippen LogP contribution is -2.52. The average Bonchev–Trinajstić information content (AvgIpc) is 3.42. The van der Waals surface area contributed by atoms with Gasteiger partial charge in [-0.05, 0) is 81.1 Å². The molecule has 1 fully saturated rings. The van der Waals surface area contributed by atoms with E-state index in [1.807, 2.05) is 13.0 Å². The first kappa shape index (κ1) is 27.1. The Balaban J connectivity index is 1.41. The highest BCUT2D eigenvalue weighted by atomic mass is 16.4. The Morgan fingerprint density at radius 3 is 2.42 bits per heavy atom. The summed E-state index contributed by atoms with van der Waals surface area (Å²) < 4.78 is 5.82. The molecule has 0 saturated heterocycles. The van der Waals surface area contributed by atoms with Crippen molar-refractivity contribution >= 4 is 23.4 Å². The second kappa shape index (κ2) is 12.5. The van der Waals surface area contributed by atoms with Crippen LogP contribution in [0.4, 0.5) is 5.69 Å². The predicted molar refractivity (Wildman–Crippen MR) is 144 cm³/mol. The predicted octanol–water partition coefficient (Wildman–Crippen LogP) is 4.08. The van der Waals surface area contributed by atoms with Gasteiger partial charge < -0.3 is 25.5 Å². The first-order chi connectivity index (χ1) is 18.3. The van der Waals surface area contributed by atoms with E-state index in [1.165, 1.54) is 0 Å². The van der Waals surface area contributed by atoms with Crippen molar-refractivity contribution in [1.29, 1.82) is 0 Å². The smallest absolute Gasteiger partial charge is 0.287 e. The summed E-state index contributed by atoms with van der Waals surface area (Å²) in [6.07, 6.45) is 4.21. The van der Waals surface area contributed by atoms with E-state index in [9.17, 15) is 19.5 Å². The number of amides is 3. The Kier molecular flexibility index (Phi) is 8.91. The number of nitrogens with one attached hydrogen (secondary N) is 3. The number of pyridine rings is 1. The Labute approximate surface area is 222 Å². The number of aliphatic hydroxyl groups is 1. The normalized spacial score (nSPS) is 15.3. The van der Waals surface area contributed by atoms with Crippen LogP contribution in [0.2, 0.25) is 0 Å². The number of benzene rings is 1. The third-order valence-corrected chi connectivity index (χ3v) is 6.64. The Bertz CT molecular complexity index is 1260. The molecular weight excluding hydrogens is 484 g/mol. The summed E-state index contributed by atoms with van der Waals surface area (Å²) in [5.41, 5.74) is 2.43. The van der Waals surface area contributed by atoms with Crippen LogP contribution in [0, 0.1) is 12.8 Å². The van der Waals surface area contributed by atoms with Crippen LogP contribution in [-0.4, -0.2) is 46.5 Å². The molecule has 1 saturated carbocycles. The number of rotatable bonds is 9. The molecule has 1 aliphatic carbocycles. The molecule has 9 heteroatoms. The third-order valence-electron chi connectivity index (χ3n) is 6.64. The molecule has 2 aromatic heterocycles. The molecule has 0 bridgehead atoms. The van der Waals surface area contributed by atoms with Gasteiger partial charge >= 0.3 is 0 Å². The lowest BCUT2D eigenvalue weighted by Gasteiger charge is -2.30. The fraction of sp³-hybridized carbons (Fsp3) is 0.379. The monoisotopic (exact) mass is 518 g/mol. The third kappa shape index (κ3) is 7.07. The molecule has 0 unspecified atom stereocenters. The van der Waals surface area contributed by atoms with Crippen LogP contribution >= 0.6 is 0 Å². The van der Waals surface area contributed by atoms with Gasteiger partial charge in [0.2, 0.25) is 5.91 Å². The fourth-order valence-corrected chi connectivity index (χ4v) is 4.63. The number of aryl methyl sites for hydroxylation is 1. The lowest BCUT2D eigenvalue weighted by molar-refractivity contribution is -0.125. The molecule has 9 nitrogen and oxygen atoms in total. The number of aliphatic hydroxyl groups excluding tert-OH is 1. The zero-order valence-electron chi connectivity index (χ0n) is 21.7. The maximum Gasteiger partial charge on any atom is 0.287 e. The molecule has 0 aliphatic heterocycles. The van der Waals surface area contributed by atoms with Crippen molar-refractivity contribution in [2.45, 2.75) is 58.1 Å². The molecule has 1 aromatic carbocycles. The molecule has 4 rings (SSSR count). The van der Waals surface area contributed by atoms with E-state index in [1.54, 1.807) is 55.5 Å². The number of aromatic nitrogens is 1. The first-order valence-electron chi connectivity index (χ1n) is 13.0. The molecule has 3 aromatic rings.